The van der Waals surface area contributed by atoms with E-state index in [1.54, 1.807) is 16.8 Å². The molecule has 1 fully saturated rings. The van der Waals surface area contributed by atoms with Crippen LogP contribution in [0.25, 0.3) is 5.69 Å². The van der Waals surface area contributed by atoms with Crippen LogP contribution in [-0.4, -0.2) is 52.8 Å². The molecule has 1 aliphatic rings. The van der Waals surface area contributed by atoms with Crippen LogP contribution in [0, 0.1) is 13.8 Å². The highest BCUT2D eigenvalue weighted by Gasteiger charge is 2.17. The highest BCUT2D eigenvalue weighted by atomic mass is 35.5. The predicted octanol–water partition coefficient (Wildman–Crippen LogP) is 3.80. The molecule has 0 aliphatic carbocycles. The Morgan fingerprint density at radius 1 is 1.03 bits per heavy atom. The monoisotopic (exact) mass is 452 g/mol. The van der Waals surface area contributed by atoms with Gasteiger partial charge in [-0.1, -0.05) is 23.7 Å². The zero-order valence-electron chi connectivity index (χ0n) is 18.1. The molecule has 2 heterocycles. The third-order valence-electron chi connectivity index (χ3n) is 5.51. The lowest BCUT2D eigenvalue weighted by Gasteiger charge is -2.26. The molecule has 1 saturated heterocycles. The van der Waals surface area contributed by atoms with E-state index in [4.69, 9.17) is 16.3 Å². The van der Waals surface area contributed by atoms with Gasteiger partial charge < -0.3 is 15.0 Å². The zero-order chi connectivity index (χ0) is 22.7. The first kappa shape index (κ1) is 22.0. The Bertz CT molecular complexity index is 1120. The van der Waals surface area contributed by atoms with Crippen LogP contribution in [0.5, 0.6) is 0 Å². The molecular weight excluding hydrogens is 428 g/mol. The zero-order valence-corrected chi connectivity index (χ0v) is 18.9. The number of hydrogen-bond donors (Lipinski definition) is 1. The lowest BCUT2D eigenvalue weighted by Crippen LogP contribution is -2.41. The van der Waals surface area contributed by atoms with Crippen molar-refractivity contribution >= 4 is 29.1 Å². The average Bonchev–Trinajstić information content (AvgIpc) is 3.08. The maximum Gasteiger partial charge on any atom is 0.255 e. The van der Waals surface area contributed by atoms with E-state index in [1.165, 1.54) is 0 Å². The van der Waals surface area contributed by atoms with E-state index in [-0.39, 0.29) is 11.8 Å². The molecule has 166 valence electrons. The molecule has 0 atom stereocenters. The van der Waals surface area contributed by atoms with Crippen LogP contribution in [0.1, 0.15) is 27.3 Å². The van der Waals surface area contributed by atoms with Gasteiger partial charge in [0.25, 0.3) is 5.91 Å². The molecule has 32 heavy (non-hydrogen) atoms. The maximum absolute atomic E-state index is 12.6. The molecule has 0 unspecified atom stereocenters. The molecule has 1 aromatic heterocycles. The molecule has 0 radical (unpaired) electrons. The maximum atomic E-state index is 12.6. The van der Waals surface area contributed by atoms with Gasteiger partial charge in [-0.05, 0) is 55.8 Å². The van der Waals surface area contributed by atoms with Crippen LogP contribution in [0.4, 0.5) is 5.69 Å². The van der Waals surface area contributed by atoms with E-state index in [2.05, 4.69) is 10.4 Å². The first-order valence-corrected chi connectivity index (χ1v) is 10.9. The first-order valence-electron chi connectivity index (χ1n) is 10.5. The van der Waals surface area contributed by atoms with Crippen molar-refractivity contribution in [3.63, 3.8) is 0 Å². The van der Waals surface area contributed by atoms with Crippen molar-refractivity contribution in [1.82, 2.24) is 14.7 Å². The normalized spacial score (nSPS) is 13.8. The van der Waals surface area contributed by atoms with Crippen LogP contribution in [-0.2, 0) is 16.0 Å². The van der Waals surface area contributed by atoms with Crippen molar-refractivity contribution in [3.05, 3.63) is 76.1 Å². The smallest absolute Gasteiger partial charge is 0.255 e. The number of hydrogen-bond acceptors (Lipinski definition) is 4. The van der Waals surface area contributed by atoms with E-state index in [9.17, 15) is 9.59 Å². The van der Waals surface area contributed by atoms with Crippen molar-refractivity contribution < 1.29 is 14.3 Å². The van der Waals surface area contributed by atoms with Gasteiger partial charge in [0, 0.05) is 24.3 Å². The molecule has 2 aromatic carbocycles. The van der Waals surface area contributed by atoms with Crippen molar-refractivity contribution in [2.75, 3.05) is 31.6 Å². The number of nitrogens with zero attached hydrogens (tertiary/aromatic N) is 3. The number of carbonyl (C=O) groups excluding carboxylic acids is 2. The van der Waals surface area contributed by atoms with Crippen LogP contribution >= 0.6 is 11.6 Å². The van der Waals surface area contributed by atoms with Crippen molar-refractivity contribution in [2.24, 2.45) is 0 Å². The predicted molar refractivity (Wildman–Crippen MR) is 124 cm³/mol. The molecule has 2 amide bonds. The van der Waals surface area contributed by atoms with Gasteiger partial charge in [0.05, 0.1) is 41.7 Å². The Balaban J connectivity index is 1.37. The average molecular weight is 453 g/mol. The minimum absolute atomic E-state index is 0.0917. The number of rotatable bonds is 5. The molecule has 4 rings (SSSR count). The second kappa shape index (κ2) is 9.54. The van der Waals surface area contributed by atoms with Crippen LogP contribution in [0.3, 0.4) is 0 Å². The molecule has 0 saturated carbocycles. The van der Waals surface area contributed by atoms with Crippen LogP contribution in [0.2, 0.25) is 5.02 Å². The summed E-state index contributed by atoms with van der Waals surface area (Å²) in [5.41, 5.74) is 4.57. The summed E-state index contributed by atoms with van der Waals surface area (Å²) in [6, 6.07) is 14.5. The summed E-state index contributed by atoms with van der Waals surface area (Å²) in [7, 11) is 0. The third-order valence-corrected chi connectivity index (χ3v) is 6.06. The molecule has 1 aliphatic heterocycles. The SMILES string of the molecule is Cc1nn(-c2ccc(C(=O)Nc3ccc(CC(=O)N4CCOCC4)cc3)cc2)c(C)c1Cl. The summed E-state index contributed by atoms with van der Waals surface area (Å²) in [6.07, 6.45) is 0.339. The van der Waals surface area contributed by atoms with E-state index in [1.807, 2.05) is 55.1 Å². The van der Waals surface area contributed by atoms with E-state index in [0.29, 0.717) is 49.0 Å². The number of halogens is 1. The summed E-state index contributed by atoms with van der Waals surface area (Å²) in [5.74, 6) is -0.117. The van der Waals surface area contributed by atoms with Gasteiger partial charge >= 0.3 is 0 Å². The molecular formula is C24H25ClN4O3. The summed E-state index contributed by atoms with van der Waals surface area (Å²) < 4.78 is 7.05. The fourth-order valence-electron chi connectivity index (χ4n) is 3.64. The number of ether oxygens (including phenoxy) is 1. The fraction of sp³-hybridized carbons (Fsp3) is 0.292. The number of aryl methyl sites for hydroxylation is 1. The molecule has 7 nitrogen and oxygen atoms in total. The minimum atomic E-state index is -0.208. The fourth-order valence-corrected chi connectivity index (χ4v) is 3.76. The number of nitrogens with one attached hydrogen (secondary N) is 1. The van der Waals surface area contributed by atoms with E-state index < -0.39 is 0 Å². The van der Waals surface area contributed by atoms with E-state index >= 15 is 0 Å². The number of aromatic nitrogens is 2. The van der Waals surface area contributed by atoms with Gasteiger partial charge in [-0.3, -0.25) is 9.59 Å². The van der Waals surface area contributed by atoms with Gasteiger partial charge in [-0.15, -0.1) is 0 Å². The molecule has 3 aromatic rings. The molecule has 8 heteroatoms. The van der Waals surface area contributed by atoms with Crippen molar-refractivity contribution in [1.29, 1.82) is 0 Å². The third kappa shape index (κ3) is 4.84. The number of benzene rings is 2. The molecule has 0 spiro atoms. The lowest BCUT2D eigenvalue weighted by atomic mass is 10.1. The lowest BCUT2D eigenvalue weighted by molar-refractivity contribution is -0.134. The Hall–Kier alpha value is -3.16. The first-order chi connectivity index (χ1) is 15.4. The van der Waals surface area contributed by atoms with Crippen molar-refractivity contribution in [2.45, 2.75) is 20.3 Å². The number of carbonyl (C=O) groups is 2. The highest BCUT2D eigenvalue weighted by Crippen LogP contribution is 2.22. The summed E-state index contributed by atoms with van der Waals surface area (Å²) >= 11 is 6.23. The Labute approximate surface area is 191 Å². The number of amides is 2. The quantitative estimate of drug-likeness (QED) is 0.638. The molecule has 1 N–H and O–H groups in total. The van der Waals surface area contributed by atoms with Gasteiger partial charge in [0.2, 0.25) is 5.91 Å². The Kier molecular flexibility index (Phi) is 6.58. The topological polar surface area (TPSA) is 76.5 Å². The number of morpholine rings is 1. The summed E-state index contributed by atoms with van der Waals surface area (Å²) in [4.78, 5) is 26.8. The summed E-state index contributed by atoms with van der Waals surface area (Å²) in [6.45, 7) is 6.22. The van der Waals surface area contributed by atoms with E-state index in [0.717, 1.165) is 22.6 Å². The largest absolute Gasteiger partial charge is 0.378 e. The highest BCUT2D eigenvalue weighted by molar-refractivity contribution is 6.31. The molecule has 0 bridgehead atoms. The Morgan fingerprint density at radius 3 is 2.28 bits per heavy atom. The second-order valence-corrected chi connectivity index (χ2v) is 8.14. The minimum Gasteiger partial charge on any atom is -0.378 e. The van der Waals surface area contributed by atoms with Crippen LogP contribution < -0.4 is 5.32 Å². The second-order valence-electron chi connectivity index (χ2n) is 7.76. The standard InChI is InChI=1S/C24H25ClN4O3/c1-16-23(25)17(2)29(27-16)21-9-5-19(6-10-21)24(31)26-20-7-3-18(4-8-20)15-22(30)28-11-13-32-14-12-28/h3-10H,11-15H2,1-2H3,(H,26,31). The summed E-state index contributed by atoms with van der Waals surface area (Å²) in [5, 5.41) is 7.96. The van der Waals surface area contributed by atoms with Crippen LogP contribution in [0.15, 0.2) is 48.5 Å². The Morgan fingerprint density at radius 2 is 1.69 bits per heavy atom. The van der Waals surface area contributed by atoms with Gasteiger partial charge in [-0.2, -0.15) is 5.10 Å². The van der Waals surface area contributed by atoms with Crippen molar-refractivity contribution in [3.8, 4) is 5.69 Å². The number of anilines is 1. The van der Waals surface area contributed by atoms with Gasteiger partial charge in [-0.25, -0.2) is 4.68 Å². The van der Waals surface area contributed by atoms with Gasteiger partial charge in [0.1, 0.15) is 0 Å². The van der Waals surface area contributed by atoms with Gasteiger partial charge in [0.15, 0.2) is 0 Å².